The predicted molar refractivity (Wildman–Crippen MR) is 167 cm³/mol. The highest BCUT2D eigenvalue weighted by Gasteiger charge is 2.25. The minimum absolute atomic E-state index is 0.00667. The van der Waals surface area contributed by atoms with Crippen LogP contribution < -0.4 is 5.73 Å². The van der Waals surface area contributed by atoms with Gasteiger partial charge in [-0.1, -0.05) is 58.8 Å². The van der Waals surface area contributed by atoms with Crippen molar-refractivity contribution >= 4 is 12.0 Å². The average molecular weight is 548 g/mol. The minimum atomic E-state index is -0.238. The topological polar surface area (TPSA) is 49.6 Å². The number of allylic oxidation sites excluding steroid dienone is 4. The molecule has 2 unspecified atom stereocenters. The van der Waals surface area contributed by atoms with Gasteiger partial charge in [0.1, 0.15) is 5.82 Å². The highest BCUT2D eigenvalue weighted by atomic mass is 19.1. The Kier molecular flexibility index (Phi) is 11.6. The number of amides is 1. The summed E-state index contributed by atoms with van der Waals surface area (Å²) in [6.07, 6.45) is 16.3. The highest BCUT2D eigenvalue weighted by Crippen LogP contribution is 2.35. The first kappa shape index (κ1) is 31.6. The van der Waals surface area contributed by atoms with E-state index in [1.165, 1.54) is 31.7 Å². The van der Waals surface area contributed by atoms with E-state index in [2.05, 4.69) is 34.3 Å². The van der Waals surface area contributed by atoms with Crippen LogP contribution in [0.5, 0.6) is 0 Å². The fourth-order valence-electron chi connectivity index (χ4n) is 5.53. The van der Waals surface area contributed by atoms with E-state index in [-0.39, 0.29) is 17.8 Å². The number of hydrogen-bond donors (Lipinski definition) is 1. The molecule has 4 nitrogen and oxygen atoms in total. The molecule has 1 aromatic carbocycles. The van der Waals surface area contributed by atoms with E-state index >= 15 is 0 Å². The van der Waals surface area contributed by atoms with Gasteiger partial charge in [-0.05, 0) is 105 Å². The third-order valence-electron chi connectivity index (χ3n) is 8.40. The number of rotatable bonds is 8. The molecule has 4 rings (SSSR count). The molecule has 2 heterocycles. The molecule has 5 heteroatoms. The Morgan fingerprint density at radius 3 is 2.55 bits per heavy atom. The number of piperidine rings is 1. The summed E-state index contributed by atoms with van der Waals surface area (Å²) in [7, 11) is 0. The van der Waals surface area contributed by atoms with Crippen LogP contribution in [0.3, 0.4) is 0 Å². The lowest BCUT2D eigenvalue weighted by Gasteiger charge is -2.33. The van der Waals surface area contributed by atoms with Gasteiger partial charge in [-0.3, -0.25) is 4.79 Å². The van der Waals surface area contributed by atoms with Crippen molar-refractivity contribution < 1.29 is 9.18 Å². The van der Waals surface area contributed by atoms with Gasteiger partial charge >= 0.3 is 0 Å². The summed E-state index contributed by atoms with van der Waals surface area (Å²) in [5.74, 6) is 1.89. The third kappa shape index (κ3) is 8.79. The predicted octanol–water partition coefficient (Wildman–Crippen LogP) is 8.27. The fourth-order valence-corrected chi connectivity index (χ4v) is 5.53. The molecule has 0 spiro atoms. The smallest absolute Gasteiger partial charge is 0.254 e. The normalized spacial score (nSPS) is 20.9. The van der Waals surface area contributed by atoms with E-state index in [1.807, 2.05) is 48.1 Å². The number of likely N-dealkylation sites (tertiary alicyclic amines) is 1. The SMILES string of the molecule is C=C1C=C(C(=O)N2CCCC(N)C2)C=CN1/C(C)=C(CC)/C(C)=C/c1cc(F)ccc1C.CCC(C)CC1CC1. The maximum atomic E-state index is 13.7. The summed E-state index contributed by atoms with van der Waals surface area (Å²) >= 11 is 0. The number of nitrogens with zero attached hydrogens (tertiary/aromatic N) is 2. The van der Waals surface area contributed by atoms with Crippen molar-refractivity contribution in [3.8, 4) is 0 Å². The van der Waals surface area contributed by atoms with Gasteiger partial charge in [0.25, 0.3) is 5.91 Å². The van der Waals surface area contributed by atoms with Crippen molar-refractivity contribution in [2.75, 3.05) is 13.1 Å². The van der Waals surface area contributed by atoms with E-state index in [1.54, 1.807) is 12.1 Å². The zero-order valence-electron chi connectivity index (χ0n) is 25.6. The van der Waals surface area contributed by atoms with Crippen LogP contribution in [0.25, 0.3) is 6.08 Å². The van der Waals surface area contributed by atoms with Crippen LogP contribution in [0, 0.1) is 24.6 Å². The van der Waals surface area contributed by atoms with Gasteiger partial charge in [-0.25, -0.2) is 4.39 Å². The van der Waals surface area contributed by atoms with Crippen LogP contribution in [0.15, 0.2) is 71.2 Å². The Morgan fingerprint density at radius 1 is 1.23 bits per heavy atom. The number of carbonyl (C=O) groups excluding carboxylic acids is 1. The second-order valence-electron chi connectivity index (χ2n) is 11.9. The minimum Gasteiger partial charge on any atom is -0.337 e. The van der Waals surface area contributed by atoms with Crippen LogP contribution >= 0.6 is 0 Å². The number of carbonyl (C=O) groups is 1. The molecule has 2 atom stereocenters. The van der Waals surface area contributed by atoms with Gasteiger partial charge < -0.3 is 15.5 Å². The second kappa shape index (κ2) is 14.6. The third-order valence-corrected chi connectivity index (χ3v) is 8.40. The Morgan fingerprint density at radius 2 is 1.95 bits per heavy atom. The van der Waals surface area contributed by atoms with Crippen molar-refractivity contribution in [1.82, 2.24) is 9.80 Å². The first-order valence-electron chi connectivity index (χ1n) is 15.1. The zero-order valence-corrected chi connectivity index (χ0v) is 25.6. The van der Waals surface area contributed by atoms with E-state index in [0.29, 0.717) is 12.1 Å². The van der Waals surface area contributed by atoms with Gasteiger partial charge in [-0.2, -0.15) is 0 Å². The number of hydrogen-bond acceptors (Lipinski definition) is 3. The van der Waals surface area contributed by atoms with Gasteiger partial charge in [-0.15, -0.1) is 0 Å². The average Bonchev–Trinajstić information content (AvgIpc) is 3.74. The lowest BCUT2D eigenvalue weighted by Crippen LogP contribution is -2.46. The summed E-state index contributed by atoms with van der Waals surface area (Å²) < 4.78 is 13.7. The number of aryl methyl sites for hydroxylation is 1. The van der Waals surface area contributed by atoms with Gasteiger partial charge in [0.15, 0.2) is 0 Å². The van der Waals surface area contributed by atoms with Gasteiger partial charge in [0.05, 0.1) is 0 Å². The van der Waals surface area contributed by atoms with E-state index in [0.717, 1.165) is 71.3 Å². The van der Waals surface area contributed by atoms with Crippen LogP contribution in [-0.2, 0) is 4.79 Å². The summed E-state index contributed by atoms with van der Waals surface area (Å²) in [6.45, 7) is 18.4. The molecule has 2 N–H and O–H groups in total. The van der Waals surface area contributed by atoms with Crippen molar-refractivity contribution in [3.63, 3.8) is 0 Å². The molecule has 1 aliphatic carbocycles. The molecule has 0 aromatic heterocycles. The zero-order chi connectivity index (χ0) is 29.4. The number of benzene rings is 1. The molecule has 1 aromatic rings. The Bertz CT molecular complexity index is 1190. The molecule has 1 amide bonds. The van der Waals surface area contributed by atoms with Crippen molar-refractivity contribution in [2.45, 2.75) is 92.5 Å². The molecule has 40 heavy (non-hydrogen) atoms. The summed E-state index contributed by atoms with van der Waals surface area (Å²) in [5, 5.41) is 0. The maximum absolute atomic E-state index is 13.7. The van der Waals surface area contributed by atoms with Gasteiger partial charge in [0.2, 0.25) is 0 Å². The molecule has 1 saturated heterocycles. The summed E-state index contributed by atoms with van der Waals surface area (Å²) in [6, 6.07) is 4.89. The molecule has 3 aliphatic rings. The van der Waals surface area contributed by atoms with E-state index < -0.39 is 0 Å². The van der Waals surface area contributed by atoms with Crippen LogP contribution in [0.2, 0.25) is 0 Å². The largest absolute Gasteiger partial charge is 0.337 e. The molecule has 0 bridgehead atoms. The van der Waals surface area contributed by atoms with Crippen LogP contribution in [0.1, 0.15) is 90.7 Å². The fraction of sp³-hybridized carbons (Fsp3) is 0.514. The monoisotopic (exact) mass is 547 g/mol. The van der Waals surface area contributed by atoms with Crippen LogP contribution in [0.4, 0.5) is 4.39 Å². The molecule has 2 fully saturated rings. The van der Waals surface area contributed by atoms with E-state index in [9.17, 15) is 9.18 Å². The van der Waals surface area contributed by atoms with Gasteiger partial charge in [0, 0.05) is 42.3 Å². The first-order valence-corrected chi connectivity index (χ1v) is 15.1. The van der Waals surface area contributed by atoms with Crippen molar-refractivity contribution in [2.24, 2.45) is 17.6 Å². The molecule has 218 valence electrons. The summed E-state index contributed by atoms with van der Waals surface area (Å²) in [5.41, 5.74) is 12.6. The Balaban J connectivity index is 0.000000472. The van der Waals surface area contributed by atoms with Crippen LogP contribution in [-0.4, -0.2) is 34.8 Å². The second-order valence-corrected chi connectivity index (χ2v) is 11.9. The standard InChI is InChI=1S/C27H34FN3O.C8H16/c1-6-26(19(3)14-23-16-24(28)10-9-18(23)2)21(5)31-13-11-22(15-20(31)4)27(32)30-12-7-8-25(29)17-30;1-3-7(2)6-8-4-5-8/h9-11,13-16,25H,4,6-8,12,17,29H2,1-3,5H3;7-8H,3-6H2,1-2H3/b19-14+,26-21+;. The van der Waals surface area contributed by atoms with Crippen molar-refractivity contribution in [3.05, 3.63) is 88.2 Å². The lowest BCUT2D eigenvalue weighted by molar-refractivity contribution is -0.127. The molecule has 1 saturated carbocycles. The number of halogens is 1. The Labute approximate surface area is 242 Å². The van der Waals surface area contributed by atoms with Crippen molar-refractivity contribution in [1.29, 1.82) is 0 Å². The maximum Gasteiger partial charge on any atom is 0.254 e. The lowest BCUT2D eigenvalue weighted by atomic mass is 9.97. The highest BCUT2D eigenvalue weighted by molar-refractivity contribution is 5.97. The first-order chi connectivity index (χ1) is 19.0. The summed E-state index contributed by atoms with van der Waals surface area (Å²) in [4.78, 5) is 16.8. The molecule has 0 radical (unpaired) electrons. The van der Waals surface area contributed by atoms with E-state index in [4.69, 9.17) is 5.73 Å². The number of nitrogens with two attached hydrogens (primary N) is 1. The Hall–Kier alpha value is -2.92. The quantitative estimate of drug-likeness (QED) is 0.333. The molecular formula is C35H50FN3O. The molecule has 2 aliphatic heterocycles. The molecular weight excluding hydrogens is 497 g/mol.